The van der Waals surface area contributed by atoms with Gasteiger partial charge in [-0.3, -0.25) is 4.57 Å². The fraction of sp³-hybridized carbons (Fsp3) is 0.118. The fourth-order valence-electron chi connectivity index (χ4n) is 2.53. The smallest absolute Gasteiger partial charge is 0.238 e. The van der Waals surface area contributed by atoms with E-state index in [-0.39, 0.29) is 0 Å². The van der Waals surface area contributed by atoms with Crippen molar-refractivity contribution < 1.29 is 0 Å². The van der Waals surface area contributed by atoms with Crippen molar-refractivity contribution in [3.8, 4) is 5.95 Å². The van der Waals surface area contributed by atoms with Crippen molar-refractivity contribution in [1.29, 1.82) is 0 Å². The molecule has 0 spiro atoms. The van der Waals surface area contributed by atoms with Crippen molar-refractivity contribution in [1.82, 2.24) is 19.5 Å². The number of halogens is 2. The average molecular weight is 390 g/mol. The molecule has 0 bridgehead atoms. The lowest BCUT2D eigenvalue weighted by Gasteiger charge is -2.10. The van der Waals surface area contributed by atoms with E-state index in [0.29, 0.717) is 22.5 Å². The molecule has 0 atom stereocenters. The summed E-state index contributed by atoms with van der Waals surface area (Å²) in [5.41, 5.74) is 2.17. The number of nitrogens with zero attached hydrogens (tertiary/aromatic N) is 4. The van der Waals surface area contributed by atoms with Gasteiger partial charge in [0.15, 0.2) is 0 Å². The molecule has 0 radical (unpaired) electrons. The predicted octanol–water partition coefficient (Wildman–Crippen LogP) is 5.10. The van der Waals surface area contributed by atoms with E-state index in [1.807, 2.05) is 18.3 Å². The number of imidazole rings is 1. The monoisotopic (exact) mass is 389 g/mol. The SMILES string of the molecule is Cc1csc2nc(-n3ccnc3)nc(NCc3ccc(Cl)c(Cl)c3)c12. The van der Waals surface area contributed by atoms with Gasteiger partial charge in [0.1, 0.15) is 17.0 Å². The summed E-state index contributed by atoms with van der Waals surface area (Å²) in [6.07, 6.45) is 5.21. The molecule has 0 saturated carbocycles. The minimum Gasteiger partial charge on any atom is -0.365 e. The third-order valence-electron chi connectivity index (χ3n) is 3.79. The molecular weight excluding hydrogens is 377 g/mol. The number of aromatic nitrogens is 4. The van der Waals surface area contributed by atoms with Crippen molar-refractivity contribution >= 4 is 50.6 Å². The van der Waals surface area contributed by atoms with E-state index >= 15 is 0 Å². The molecule has 0 fully saturated rings. The van der Waals surface area contributed by atoms with Crippen LogP contribution >= 0.6 is 34.5 Å². The van der Waals surface area contributed by atoms with Crippen LogP contribution < -0.4 is 5.32 Å². The van der Waals surface area contributed by atoms with Crippen LogP contribution in [-0.4, -0.2) is 19.5 Å². The predicted molar refractivity (Wildman–Crippen MR) is 103 cm³/mol. The first-order valence-electron chi connectivity index (χ1n) is 7.54. The molecule has 3 aromatic heterocycles. The van der Waals surface area contributed by atoms with E-state index < -0.39 is 0 Å². The van der Waals surface area contributed by atoms with Gasteiger partial charge < -0.3 is 5.32 Å². The van der Waals surface area contributed by atoms with E-state index in [9.17, 15) is 0 Å². The maximum atomic E-state index is 6.10. The van der Waals surface area contributed by atoms with Gasteiger partial charge in [-0.05, 0) is 35.6 Å². The normalized spacial score (nSPS) is 11.2. The molecule has 0 amide bonds. The van der Waals surface area contributed by atoms with Crippen LogP contribution in [0.3, 0.4) is 0 Å². The molecule has 0 aliphatic heterocycles. The molecule has 126 valence electrons. The minimum atomic E-state index is 0.541. The molecule has 3 heterocycles. The van der Waals surface area contributed by atoms with Gasteiger partial charge in [-0.15, -0.1) is 11.3 Å². The third kappa shape index (κ3) is 3.20. The molecule has 0 saturated heterocycles. The van der Waals surface area contributed by atoms with Crippen molar-refractivity contribution in [2.75, 3.05) is 5.32 Å². The Morgan fingerprint density at radius 2 is 2.08 bits per heavy atom. The fourth-order valence-corrected chi connectivity index (χ4v) is 3.77. The second-order valence-electron chi connectivity index (χ2n) is 5.54. The summed E-state index contributed by atoms with van der Waals surface area (Å²) in [4.78, 5) is 14.3. The van der Waals surface area contributed by atoms with Crippen LogP contribution in [-0.2, 0) is 6.54 Å². The Bertz CT molecular complexity index is 1040. The molecular formula is C17H13Cl2N5S. The van der Waals surface area contributed by atoms with Crippen LogP contribution in [0, 0.1) is 6.92 Å². The van der Waals surface area contributed by atoms with E-state index in [1.54, 1.807) is 34.5 Å². The number of nitrogens with one attached hydrogen (secondary N) is 1. The van der Waals surface area contributed by atoms with Crippen LogP contribution in [0.5, 0.6) is 0 Å². The Labute approximate surface area is 158 Å². The van der Waals surface area contributed by atoms with Gasteiger partial charge in [0.05, 0.1) is 15.4 Å². The first kappa shape index (κ1) is 16.3. The van der Waals surface area contributed by atoms with Crippen LogP contribution in [0.4, 0.5) is 5.82 Å². The zero-order chi connectivity index (χ0) is 17.4. The van der Waals surface area contributed by atoms with Crippen molar-refractivity contribution in [3.05, 3.63) is 63.5 Å². The quantitative estimate of drug-likeness (QED) is 0.527. The summed E-state index contributed by atoms with van der Waals surface area (Å²) in [5.74, 6) is 1.38. The maximum Gasteiger partial charge on any atom is 0.238 e. The summed E-state index contributed by atoms with van der Waals surface area (Å²) in [6.45, 7) is 2.64. The summed E-state index contributed by atoms with van der Waals surface area (Å²) in [7, 11) is 0. The number of fused-ring (bicyclic) bond motifs is 1. The van der Waals surface area contributed by atoms with Gasteiger partial charge in [0.2, 0.25) is 5.95 Å². The summed E-state index contributed by atoms with van der Waals surface area (Å²) < 4.78 is 1.79. The van der Waals surface area contributed by atoms with Gasteiger partial charge in [-0.2, -0.15) is 4.98 Å². The van der Waals surface area contributed by atoms with E-state index in [0.717, 1.165) is 27.2 Å². The molecule has 0 aliphatic rings. The standard InChI is InChI=1S/C17H13Cl2N5S/c1-10-8-25-16-14(10)15(22-17(23-16)24-5-4-20-9-24)21-7-11-2-3-12(18)13(19)6-11/h2-6,8-9H,7H2,1H3,(H,21,22,23). The maximum absolute atomic E-state index is 6.10. The van der Waals surface area contributed by atoms with Gasteiger partial charge in [0, 0.05) is 18.9 Å². The molecule has 8 heteroatoms. The number of rotatable bonds is 4. The zero-order valence-corrected chi connectivity index (χ0v) is 15.5. The van der Waals surface area contributed by atoms with Crippen LogP contribution in [0.15, 0.2) is 42.3 Å². The van der Waals surface area contributed by atoms with Crippen molar-refractivity contribution in [2.24, 2.45) is 0 Å². The molecule has 4 rings (SSSR count). The van der Waals surface area contributed by atoms with Crippen molar-refractivity contribution in [2.45, 2.75) is 13.5 Å². The first-order chi connectivity index (χ1) is 12.1. The second-order valence-corrected chi connectivity index (χ2v) is 7.22. The molecule has 0 unspecified atom stereocenters. The van der Waals surface area contributed by atoms with Crippen LogP contribution in [0.2, 0.25) is 10.0 Å². The summed E-state index contributed by atoms with van der Waals surface area (Å²) in [6, 6.07) is 5.59. The highest BCUT2D eigenvalue weighted by Gasteiger charge is 2.13. The Hall–Kier alpha value is -2.15. The van der Waals surface area contributed by atoms with E-state index in [1.165, 1.54) is 0 Å². The molecule has 1 N–H and O–H groups in total. The number of anilines is 1. The molecule has 25 heavy (non-hydrogen) atoms. The number of hydrogen-bond donors (Lipinski definition) is 1. The summed E-state index contributed by atoms with van der Waals surface area (Å²) in [5, 5.41) is 7.61. The highest BCUT2D eigenvalue weighted by Crippen LogP contribution is 2.31. The number of hydrogen-bond acceptors (Lipinski definition) is 5. The van der Waals surface area contributed by atoms with E-state index in [4.69, 9.17) is 23.2 Å². The zero-order valence-electron chi connectivity index (χ0n) is 13.2. The number of benzene rings is 1. The first-order valence-corrected chi connectivity index (χ1v) is 9.17. The lowest BCUT2D eigenvalue weighted by molar-refractivity contribution is 0.938. The lowest BCUT2D eigenvalue weighted by Crippen LogP contribution is -2.06. The van der Waals surface area contributed by atoms with Crippen LogP contribution in [0.25, 0.3) is 16.2 Å². The summed E-state index contributed by atoms with van der Waals surface area (Å²) >= 11 is 13.7. The second kappa shape index (κ2) is 6.63. The Morgan fingerprint density at radius 3 is 2.84 bits per heavy atom. The largest absolute Gasteiger partial charge is 0.365 e. The van der Waals surface area contributed by atoms with Gasteiger partial charge >= 0.3 is 0 Å². The molecule has 4 aromatic rings. The Kier molecular flexibility index (Phi) is 4.33. The lowest BCUT2D eigenvalue weighted by atomic mass is 10.2. The van der Waals surface area contributed by atoms with E-state index in [2.05, 4.69) is 32.6 Å². The minimum absolute atomic E-state index is 0.541. The van der Waals surface area contributed by atoms with Gasteiger partial charge in [0.25, 0.3) is 0 Å². The Morgan fingerprint density at radius 1 is 1.20 bits per heavy atom. The number of thiophene rings is 1. The number of aryl methyl sites for hydroxylation is 1. The topological polar surface area (TPSA) is 55.6 Å². The van der Waals surface area contributed by atoms with Gasteiger partial charge in [-0.1, -0.05) is 29.3 Å². The highest BCUT2D eigenvalue weighted by atomic mass is 35.5. The molecule has 0 aliphatic carbocycles. The van der Waals surface area contributed by atoms with Crippen LogP contribution in [0.1, 0.15) is 11.1 Å². The molecule has 5 nitrogen and oxygen atoms in total. The van der Waals surface area contributed by atoms with Crippen molar-refractivity contribution in [3.63, 3.8) is 0 Å². The highest BCUT2D eigenvalue weighted by molar-refractivity contribution is 7.17. The van der Waals surface area contributed by atoms with Gasteiger partial charge in [-0.25, -0.2) is 9.97 Å². The Balaban J connectivity index is 1.72. The average Bonchev–Trinajstić information content (AvgIpc) is 3.26. The molecule has 1 aromatic carbocycles. The third-order valence-corrected chi connectivity index (χ3v) is 5.51.